The molecule has 0 fully saturated rings. The normalized spacial score (nSPS) is 13.1. The third kappa shape index (κ3) is 4.73. The van der Waals surface area contributed by atoms with Crippen LogP contribution in [0, 0.1) is 0 Å². The van der Waals surface area contributed by atoms with Crippen LogP contribution >= 0.6 is 0 Å². The van der Waals surface area contributed by atoms with Crippen LogP contribution in [0.1, 0.15) is 22.3 Å². The summed E-state index contributed by atoms with van der Waals surface area (Å²) in [5.74, 6) is 0.704. The van der Waals surface area contributed by atoms with Crippen LogP contribution in [-0.2, 0) is 16.4 Å². The van der Waals surface area contributed by atoms with Crippen molar-refractivity contribution in [1.29, 1.82) is 0 Å². The van der Waals surface area contributed by atoms with Gasteiger partial charge in [0.1, 0.15) is 0 Å². The number of amides is 1. The number of anilines is 2. The molecule has 1 aliphatic heterocycles. The number of nitrogens with one attached hydrogen (secondary N) is 1. The number of benzene rings is 3. The first-order valence-electron chi connectivity index (χ1n) is 11.5. The Morgan fingerprint density at radius 1 is 0.973 bits per heavy atom. The average Bonchev–Trinajstić information content (AvgIpc) is 3.40. The SMILES string of the molecule is COc1ccc(-c2nnc(NC(=O)c3ccc(S(=O)(=O)N4CCCc5ccccc54)cc3)o2)cc1OC. The van der Waals surface area contributed by atoms with Gasteiger partial charge >= 0.3 is 6.01 Å². The number of aromatic nitrogens is 2. The zero-order chi connectivity index (χ0) is 26.0. The summed E-state index contributed by atoms with van der Waals surface area (Å²) < 4.78 is 44.2. The molecule has 37 heavy (non-hydrogen) atoms. The van der Waals surface area contributed by atoms with Gasteiger partial charge in [0.05, 0.1) is 24.8 Å². The lowest BCUT2D eigenvalue weighted by Gasteiger charge is -2.30. The molecule has 0 saturated heterocycles. The van der Waals surface area contributed by atoms with Crippen LogP contribution in [0.3, 0.4) is 0 Å². The molecule has 1 aliphatic rings. The summed E-state index contributed by atoms with van der Waals surface area (Å²) in [5, 5.41) is 10.4. The van der Waals surface area contributed by atoms with Gasteiger partial charge in [-0.2, -0.15) is 0 Å². The van der Waals surface area contributed by atoms with E-state index in [-0.39, 0.29) is 22.4 Å². The van der Waals surface area contributed by atoms with E-state index in [2.05, 4.69) is 15.5 Å². The highest BCUT2D eigenvalue weighted by Crippen LogP contribution is 2.33. The molecular formula is C26H24N4O6S. The predicted octanol–water partition coefficient (Wildman–Crippen LogP) is 4.15. The molecule has 0 saturated carbocycles. The van der Waals surface area contributed by atoms with Gasteiger partial charge in [-0.05, 0) is 66.9 Å². The number of methoxy groups -OCH3 is 2. The maximum absolute atomic E-state index is 13.3. The van der Waals surface area contributed by atoms with E-state index >= 15 is 0 Å². The second kappa shape index (κ2) is 9.94. The number of aryl methyl sites for hydroxylation is 1. The van der Waals surface area contributed by atoms with Gasteiger partial charge in [0.2, 0.25) is 5.89 Å². The second-order valence-corrected chi connectivity index (χ2v) is 10.1. The molecule has 190 valence electrons. The van der Waals surface area contributed by atoms with E-state index in [0.717, 1.165) is 18.4 Å². The van der Waals surface area contributed by atoms with Crippen molar-refractivity contribution >= 4 is 27.6 Å². The zero-order valence-electron chi connectivity index (χ0n) is 20.2. The van der Waals surface area contributed by atoms with Gasteiger partial charge < -0.3 is 13.9 Å². The summed E-state index contributed by atoms with van der Waals surface area (Å²) in [6.45, 7) is 0.404. The van der Waals surface area contributed by atoms with Crippen molar-refractivity contribution in [2.24, 2.45) is 0 Å². The lowest BCUT2D eigenvalue weighted by molar-refractivity contribution is 0.102. The number of sulfonamides is 1. The van der Waals surface area contributed by atoms with Gasteiger partial charge in [-0.1, -0.05) is 23.3 Å². The maximum Gasteiger partial charge on any atom is 0.322 e. The lowest BCUT2D eigenvalue weighted by atomic mass is 10.0. The van der Waals surface area contributed by atoms with Crippen molar-refractivity contribution in [1.82, 2.24) is 10.2 Å². The molecule has 1 amide bonds. The third-order valence-electron chi connectivity index (χ3n) is 6.05. The number of hydrogen-bond donors (Lipinski definition) is 1. The molecule has 11 heteroatoms. The summed E-state index contributed by atoms with van der Waals surface area (Å²) in [6.07, 6.45) is 1.58. The standard InChI is InChI=1S/C26H24N4O6S/c1-34-22-14-11-19(16-23(22)35-2)25-28-29-26(36-25)27-24(31)18-9-12-20(13-10-18)37(32,33)30-15-5-7-17-6-3-4-8-21(17)30/h3-4,6,8-14,16H,5,7,15H2,1-2H3,(H,27,29,31). The largest absolute Gasteiger partial charge is 0.493 e. The Morgan fingerprint density at radius 2 is 1.73 bits per heavy atom. The molecule has 0 spiro atoms. The van der Waals surface area contributed by atoms with Crippen LogP contribution in [-0.4, -0.2) is 45.3 Å². The van der Waals surface area contributed by atoms with Crippen molar-refractivity contribution in [3.8, 4) is 23.0 Å². The monoisotopic (exact) mass is 520 g/mol. The molecule has 3 aromatic carbocycles. The van der Waals surface area contributed by atoms with Crippen molar-refractivity contribution in [2.75, 3.05) is 30.4 Å². The fraction of sp³-hybridized carbons (Fsp3) is 0.192. The quantitative estimate of drug-likeness (QED) is 0.386. The Labute approximate surface area is 213 Å². The van der Waals surface area contributed by atoms with Crippen LogP contribution in [0.5, 0.6) is 11.5 Å². The van der Waals surface area contributed by atoms with E-state index in [0.29, 0.717) is 29.3 Å². The smallest absolute Gasteiger partial charge is 0.322 e. The molecule has 0 unspecified atom stereocenters. The van der Waals surface area contributed by atoms with E-state index in [1.165, 1.54) is 42.8 Å². The van der Waals surface area contributed by atoms with Crippen molar-refractivity contribution in [3.05, 3.63) is 77.9 Å². The molecular weight excluding hydrogens is 496 g/mol. The van der Waals surface area contributed by atoms with Crippen molar-refractivity contribution < 1.29 is 27.1 Å². The van der Waals surface area contributed by atoms with Crippen molar-refractivity contribution in [2.45, 2.75) is 17.7 Å². The van der Waals surface area contributed by atoms with E-state index in [9.17, 15) is 13.2 Å². The minimum atomic E-state index is -3.77. The molecule has 1 aromatic heterocycles. The number of carbonyl (C=O) groups excluding carboxylic acids is 1. The Hall–Kier alpha value is -4.38. The van der Waals surface area contributed by atoms with Gasteiger partial charge in [0.25, 0.3) is 15.9 Å². The van der Waals surface area contributed by atoms with Crippen LogP contribution in [0.2, 0.25) is 0 Å². The molecule has 4 aromatic rings. The summed E-state index contributed by atoms with van der Waals surface area (Å²) >= 11 is 0. The summed E-state index contributed by atoms with van der Waals surface area (Å²) in [4.78, 5) is 12.8. The molecule has 0 radical (unpaired) electrons. The fourth-order valence-corrected chi connectivity index (χ4v) is 5.72. The van der Waals surface area contributed by atoms with Gasteiger partial charge in [0, 0.05) is 17.7 Å². The summed E-state index contributed by atoms with van der Waals surface area (Å²) in [6, 6.07) is 18.2. The van der Waals surface area contributed by atoms with E-state index in [4.69, 9.17) is 13.9 Å². The maximum atomic E-state index is 13.3. The zero-order valence-corrected chi connectivity index (χ0v) is 21.0. The fourth-order valence-electron chi connectivity index (χ4n) is 4.18. The second-order valence-electron chi connectivity index (χ2n) is 8.27. The number of nitrogens with zero attached hydrogens (tertiary/aromatic N) is 3. The number of para-hydroxylation sites is 1. The first kappa shape index (κ1) is 24.3. The van der Waals surface area contributed by atoms with Crippen LogP contribution in [0.15, 0.2) is 76.0 Å². The van der Waals surface area contributed by atoms with Crippen LogP contribution < -0.4 is 19.1 Å². The third-order valence-corrected chi connectivity index (χ3v) is 7.88. The minimum absolute atomic E-state index is 0.101. The highest BCUT2D eigenvalue weighted by molar-refractivity contribution is 7.92. The van der Waals surface area contributed by atoms with Crippen molar-refractivity contribution in [3.63, 3.8) is 0 Å². The summed E-state index contributed by atoms with van der Waals surface area (Å²) in [5.41, 5.74) is 2.51. The molecule has 0 atom stereocenters. The Morgan fingerprint density at radius 3 is 2.49 bits per heavy atom. The summed E-state index contributed by atoms with van der Waals surface area (Å²) in [7, 11) is -0.722. The van der Waals surface area contributed by atoms with Gasteiger partial charge in [0.15, 0.2) is 11.5 Å². The van der Waals surface area contributed by atoms with Crippen LogP contribution in [0.4, 0.5) is 11.7 Å². The average molecular weight is 521 g/mol. The van der Waals surface area contributed by atoms with E-state index in [1.54, 1.807) is 18.2 Å². The van der Waals surface area contributed by atoms with Gasteiger partial charge in [-0.25, -0.2) is 8.42 Å². The van der Waals surface area contributed by atoms with Gasteiger partial charge in [-0.3, -0.25) is 14.4 Å². The first-order valence-corrected chi connectivity index (χ1v) is 12.9. The number of hydrogen-bond acceptors (Lipinski definition) is 8. The topological polar surface area (TPSA) is 124 Å². The molecule has 1 N–H and O–H groups in total. The Balaban J connectivity index is 1.31. The highest BCUT2D eigenvalue weighted by atomic mass is 32.2. The van der Waals surface area contributed by atoms with E-state index < -0.39 is 15.9 Å². The lowest BCUT2D eigenvalue weighted by Crippen LogP contribution is -2.35. The molecule has 2 heterocycles. The molecule has 0 aliphatic carbocycles. The number of rotatable bonds is 7. The number of carbonyl (C=O) groups is 1. The predicted molar refractivity (Wildman–Crippen MR) is 137 cm³/mol. The highest BCUT2D eigenvalue weighted by Gasteiger charge is 2.29. The Bertz CT molecular complexity index is 1550. The van der Waals surface area contributed by atoms with Gasteiger partial charge in [-0.15, -0.1) is 5.10 Å². The number of ether oxygens (including phenoxy) is 2. The van der Waals surface area contributed by atoms with E-state index in [1.807, 2.05) is 24.3 Å². The molecule has 10 nitrogen and oxygen atoms in total. The minimum Gasteiger partial charge on any atom is -0.493 e. The van der Waals surface area contributed by atoms with Crippen LogP contribution in [0.25, 0.3) is 11.5 Å². The molecule has 0 bridgehead atoms. The molecule has 5 rings (SSSR count). The number of fused-ring (bicyclic) bond motifs is 1. The Kier molecular flexibility index (Phi) is 6.53. The first-order chi connectivity index (χ1) is 17.9.